The zero-order valence-corrected chi connectivity index (χ0v) is 30.4. The van der Waals surface area contributed by atoms with Crippen LogP contribution < -0.4 is 0 Å². The predicted molar refractivity (Wildman–Crippen MR) is 234 cm³/mol. The number of nitrogens with zero attached hydrogens (tertiary/aromatic N) is 3. The smallest absolute Gasteiger partial charge is 0.160 e. The highest BCUT2D eigenvalue weighted by Gasteiger charge is 2.16. The quantitative estimate of drug-likeness (QED) is 0.161. The summed E-state index contributed by atoms with van der Waals surface area (Å²) in [5, 5.41) is 10.2. The summed E-state index contributed by atoms with van der Waals surface area (Å²) in [5.41, 5.74) is 11.6. The van der Waals surface area contributed by atoms with Gasteiger partial charge in [0.05, 0.1) is 11.4 Å². The highest BCUT2D eigenvalue weighted by atomic mass is 14.9. The topological polar surface area (TPSA) is 38.7 Å². The van der Waals surface area contributed by atoms with E-state index < -0.39 is 0 Å². The summed E-state index contributed by atoms with van der Waals surface area (Å²) in [6.45, 7) is 0. The Labute approximate surface area is 324 Å². The van der Waals surface area contributed by atoms with Gasteiger partial charge in [0.15, 0.2) is 5.82 Å². The van der Waals surface area contributed by atoms with Gasteiger partial charge in [-0.05, 0) is 83.0 Å². The lowest BCUT2D eigenvalue weighted by molar-refractivity contribution is 1.18. The van der Waals surface area contributed by atoms with Crippen LogP contribution in [0.5, 0.6) is 0 Å². The molecule has 11 rings (SSSR count). The molecule has 56 heavy (non-hydrogen) atoms. The molecule has 0 spiro atoms. The number of aromatic nitrogens is 3. The summed E-state index contributed by atoms with van der Waals surface area (Å²) in [4.78, 5) is 14.9. The van der Waals surface area contributed by atoms with Crippen LogP contribution in [0.2, 0.25) is 0 Å². The van der Waals surface area contributed by atoms with E-state index >= 15 is 0 Å². The van der Waals surface area contributed by atoms with Crippen LogP contribution in [0.1, 0.15) is 0 Å². The summed E-state index contributed by atoms with van der Waals surface area (Å²) >= 11 is 0. The van der Waals surface area contributed by atoms with Crippen molar-refractivity contribution in [1.29, 1.82) is 0 Å². The van der Waals surface area contributed by atoms with Crippen molar-refractivity contribution in [1.82, 2.24) is 15.0 Å². The summed E-state index contributed by atoms with van der Waals surface area (Å²) in [6, 6.07) is 67.2. The lowest BCUT2D eigenvalue weighted by Gasteiger charge is -2.15. The Balaban J connectivity index is 1.03. The van der Waals surface area contributed by atoms with Crippen LogP contribution in [0.4, 0.5) is 0 Å². The molecule has 0 unspecified atom stereocenters. The maximum absolute atomic E-state index is 5.25. The first-order valence-corrected chi connectivity index (χ1v) is 19.0. The molecule has 0 amide bonds. The zero-order chi connectivity index (χ0) is 37.0. The van der Waals surface area contributed by atoms with Gasteiger partial charge in [-0.2, -0.15) is 0 Å². The van der Waals surface area contributed by atoms with E-state index in [1.807, 2.05) is 12.3 Å². The standard InChI is InChI=1S/C53H33N3/c1-2-13-43-34(8-1)9-6-16-44(43)35-19-25-41(26-20-35)53-55-49(32-50(56-53)47-15-4-3-14-45(47)42-12-7-31-54-33-42)37-21-17-36(18-22-37)46-29-27-40-24-23-38-10-5-11-39-28-30-48(46)52(40)51(38)39/h1-33H. The van der Waals surface area contributed by atoms with Crippen LogP contribution in [0, 0.1) is 0 Å². The van der Waals surface area contributed by atoms with Crippen LogP contribution in [0.3, 0.4) is 0 Å². The lowest BCUT2D eigenvalue weighted by atomic mass is 9.89. The molecule has 3 heteroatoms. The summed E-state index contributed by atoms with van der Waals surface area (Å²) in [5.74, 6) is 0.679. The average Bonchev–Trinajstić information content (AvgIpc) is 3.28. The molecule has 3 nitrogen and oxygen atoms in total. The molecule has 0 saturated heterocycles. The van der Waals surface area contributed by atoms with Crippen LogP contribution in [0.15, 0.2) is 200 Å². The Kier molecular flexibility index (Phi) is 7.49. The Bertz CT molecular complexity index is 3200. The van der Waals surface area contributed by atoms with E-state index in [1.165, 1.54) is 59.8 Å². The van der Waals surface area contributed by atoms with E-state index in [2.05, 4.69) is 187 Å². The van der Waals surface area contributed by atoms with Crippen molar-refractivity contribution >= 4 is 43.1 Å². The van der Waals surface area contributed by atoms with Crippen LogP contribution in [-0.4, -0.2) is 15.0 Å². The van der Waals surface area contributed by atoms with Gasteiger partial charge in [-0.1, -0.05) is 176 Å². The van der Waals surface area contributed by atoms with Crippen molar-refractivity contribution in [2.45, 2.75) is 0 Å². The molecule has 0 aliphatic heterocycles. The summed E-state index contributed by atoms with van der Waals surface area (Å²) in [6.07, 6.45) is 3.71. The second kappa shape index (κ2) is 13.1. The van der Waals surface area contributed by atoms with Crippen molar-refractivity contribution < 1.29 is 0 Å². The fraction of sp³-hybridized carbons (Fsp3) is 0. The molecule has 9 aromatic carbocycles. The molecular formula is C53H33N3. The van der Waals surface area contributed by atoms with Crippen LogP contribution in [0.25, 0.3) is 110 Å². The third kappa shape index (κ3) is 5.40. The molecule has 0 bridgehead atoms. The van der Waals surface area contributed by atoms with Crippen molar-refractivity contribution in [3.8, 4) is 67.3 Å². The summed E-state index contributed by atoms with van der Waals surface area (Å²) in [7, 11) is 0. The molecule has 2 aromatic heterocycles. The van der Waals surface area contributed by atoms with Gasteiger partial charge in [-0.15, -0.1) is 0 Å². The maximum atomic E-state index is 5.25. The number of hydrogen-bond donors (Lipinski definition) is 0. The van der Waals surface area contributed by atoms with E-state index in [1.54, 1.807) is 6.20 Å². The van der Waals surface area contributed by atoms with Crippen molar-refractivity contribution in [2.24, 2.45) is 0 Å². The van der Waals surface area contributed by atoms with Gasteiger partial charge in [0, 0.05) is 34.6 Å². The second-order valence-corrected chi connectivity index (χ2v) is 14.4. The van der Waals surface area contributed by atoms with Gasteiger partial charge >= 0.3 is 0 Å². The van der Waals surface area contributed by atoms with E-state index in [-0.39, 0.29) is 0 Å². The first-order valence-electron chi connectivity index (χ1n) is 19.0. The third-order valence-corrected chi connectivity index (χ3v) is 11.2. The van der Waals surface area contributed by atoms with Gasteiger partial charge in [0.1, 0.15) is 0 Å². The SMILES string of the molecule is c1cncc(-c2ccccc2-c2cc(-c3ccc(-c4ccc5ccc6cccc7ccc4c5c67)cc3)nc(-c3ccc(-c4cccc5ccccc45)cc3)n2)c1. The third-order valence-electron chi connectivity index (χ3n) is 11.2. The number of rotatable bonds is 6. The molecule has 0 fully saturated rings. The van der Waals surface area contributed by atoms with Gasteiger partial charge < -0.3 is 0 Å². The van der Waals surface area contributed by atoms with Gasteiger partial charge in [-0.3, -0.25) is 4.98 Å². The molecule has 0 atom stereocenters. The van der Waals surface area contributed by atoms with Gasteiger partial charge in [0.2, 0.25) is 0 Å². The minimum absolute atomic E-state index is 0.679. The molecule has 0 aliphatic carbocycles. The minimum atomic E-state index is 0.679. The van der Waals surface area contributed by atoms with Gasteiger partial charge in [-0.25, -0.2) is 9.97 Å². The predicted octanol–water partition coefficient (Wildman–Crippen LogP) is 13.9. The Morgan fingerprint density at radius 2 is 0.875 bits per heavy atom. The number of benzene rings is 9. The van der Waals surface area contributed by atoms with Crippen LogP contribution in [-0.2, 0) is 0 Å². The Hall–Kier alpha value is -7.49. The first-order chi connectivity index (χ1) is 27.7. The highest BCUT2D eigenvalue weighted by molar-refractivity contribution is 6.25. The first kappa shape index (κ1) is 32.0. The molecule has 0 saturated carbocycles. The van der Waals surface area contributed by atoms with Crippen molar-refractivity contribution in [3.05, 3.63) is 200 Å². The number of pyridine rings is 1. The molecule has 0 N–H and O–H groups in total. The maximum Gasteiger partial charge on any atom is 0.160 e. The Morgan fingerprint density at radius 3 is 1.66 bits per heavy atom. The fourth-order valence-electron chi connectivity index (χ4n) is 8.43. The van der Waals surface area contributed by atoms with E-state index in [4.69, 9.17) is 9.97 Å². The number of fused-ring (bicyclic) bond motifs is 1. The fourth-order valence-corrected chi connectivity index (χ4v) is 8.43. The normalized spacial score (nSPS) is 11.6. The molecule has 260 valence electrons. The molecule has 0 aliphatic rings. The van der Waals surface area contributed by atoms with Crippen molar-refractivity contribution in [3.63, 3.8) is 0 Å². The van der Waals surface area contributed by atoms with E-state index in [0.29, 0.717) is 5.82 Å². The Morgan fingerprint density at radius 1 is 0.304 bits per heavy atom. The van der Waals surface area contributed by atoms with Crippen LogP contribution >= 0.6 is 0 Å². The largest absolute Gasteiger partial charge is 0.264 e. The molecular weight excluding hydrogens is 679 g/mol. The van der Waals surface area contributed by atoms with E-state index in [0.717, 1.165) is 44.8 Å². The monoisotopic (exact) mass is 711 g/mol. The second-order valence-electron chi connectivity index (χ2n) is 14.4. The minimum Gasteiger partial charge on any atom is -0.264 e. The van der Waals surface area contributed by atoms with Crippen molar-refractivity contribution in [2.75, 3.05) is 0 Å². The number of hydrogen-bond acceptors (Lipinski definition) is 3. The molecule has 0 radical (unpaired) electrons. The zero-order valence-electron chi connectivity index (χ0n) is 30.4. The average molecular weight is 712 g/mol. The highest BCUT2D eigenvalue weighted by Crippen LogP contribution is 2.40. The molecule has 2 heterocycles. The van der Waals surface area contributed by atoms with E-state index in [9.17, 15) is 0 Å². The lowest BCUT2D eigenvalue weighted by Crippen LogP contribution is -1.97. The molecule has 11 aromatic rings. The van der Waals surface area contributed by atoms with Gasteiger partial charge in [0.25, 0.3) is 0 Å². The summed E-state index contributed by atoms with van der Waals surface area (Å²) < 4.78 is 0.